The largest absolute Gasteiger partial charge is 0.493 e. The molecule has 0 saturated heterocycles. The number of pyridine rings is 1. The molecule has 7 nitrogen and oxygen atoms in total. The minimum atomic E-state index is -5.08. The topological polar surface area (TPSA) is 97.8 Å². The number of hydrogen-bond donors (Lipinski definition) is 2. The van der Waals surface area contributed by atoms with Gasteiger partial charge in [0.05, 0.1) is 14.2 Å². The summed E-state index contributed by atoms with van der Waals surface area (Å²) in [7, 11) is 3.21. The summed E-state index contributed by atoms with van der Waals surface area (Å²) in [6.07, 6.45) is -1.16. The first-order chi connectivity index (χ1) is 13.2. The Morgan fingerprint density at radius 2 is 1.64 bits per heavy atom. The van der Waals surface area contributed by atoms with Crippen LogP contribution in [0.3, 0.4) is 0 Å². The van der Waals surface area contributed by atoms with Gasteiger partial charge < -0.3 is 19.9 Å². The number of nitrogens with one attached hydrogen (secondary N) is 1. The van der Waals surface area contributed by atoms with Crippen molar-refractivity contribution >= 4 is 11.9 Å². The van der Waals surface area contributed by atoms with Crippen LogP contribution >= 0.6 is 0 Å². The van der Waals surface area contributed by atoms with Crippen molar-refractivity contribution in [3.63, 3.8) is 0 Å². The van der Waals surface area contributed by atoms with E-state index < -0.39 is 12.1 Å². The zero-order valence-electron chi connectivity index (χ0n) is 15.1. The molecule has 0 bridgehead atoms. The fourth-order valence-corrected chi connectivity index (χ4v) is 1.96. The van der Waals surface area contributed by atoms with E-state index in [9.17, 15) is 18.0 Å². The number of carbonyl (C=O) groups is 2. The number of benzene rings is 1. The summed E-state index contributed by atoms with van der Waals surface area (Å²) in [4.78, 5) is 24.7. The van der Waals surface area contributed by atoms with Crippen LogP contribution < -0.4 is 14.8 Å². The van der Waals surface area contributed by atoms with Crippen LogP contribution in [0.15, 0.2) is 42.7 Å². The fourth-order valence-electron chi connectivity index (χ4n) is 1.96. The van der Waals surface area contributed by atoms with E-state index in [0.29, 0.717) is 23.6 Å². The third-order valence-electron chi connectivity index (χ3n) is 3.33. The van der Waals surface area contributed by atoms with Crippen molar-refractivity contribution in [1.82, 2.24) is 10.3 Å². The van der Waals surface area contributed by atoms with E-state index >= 15 is 0 Å². The number of methoxy groups -OCH3 is 2. The third-order valence-corrected chi connectivity index (χ3v) is 3.33. The first kappa shape index (κ1) is 22.7. The summed E-state index contributed by atoms with van der Waals surface area (Å²) in [5, 5.41) is 10.00. The minimum Gasteiger partial charge on any atom is -0.493 e. The summed E-state index contributed by atoms with van der Waals surface area (Å²) >= 11 is 0. The average Bonchev–Trinajstić information content (AvgIpc) is 2.68. The molecule has 28 heavy (non-hydrogen) atoms. The average molecular weight is 400 g/mol. The number of hydrogen-bond acceptors (Lipinski definition) is 5. The first-order valence-electron chi connectivity index (χ1n) is 7.88. The van der Waals surface area contributed by atoms with E-state index in [2.05, 4.69) is 10.3 Å². The lowest BCUT2D eigenvalue weighted by Gasteiger charge is -2.10. The molecular weight excluding hydrogens is 381 g/mol. The lowest BCUT2D eigenvalue weighted by Crippen LogP contribution is -2.25. The maximum absolute atomic E-state index is 11.9. The highest BCUT2D eigenvalue weighted by Crippen LogP contribution is 2.27. The van der Waals surface area contributed by atoms with E-state index in [1.54, 1.807) is 38.7 Å². The second-order valence-electron chi connectivity index (χ2n) is 5.23. The van der Waals surface area contributed by atoms with Crippen LogP contribution in [0.4, 0.5) is 13.2 Å². The van der Waals surface area contributed by atoms with Crippen molar-refractivity contribution < 1.29 is 37.3 Å². The first-order valence-corrected chi connectivity index (χ1v) is 7.88. The molecule has 2 aromatic rings. The van der Waals surface area contributed by atoms with E-state index in [0.717, 1.165) is 12.0 Å². The summed E-state index contributed by atoms with van der Waals surface area (Å²) in [5.41, 5.74) is 1.68. The third kappa shape index (κ3) is 7.52. The highest BCUT2D eigenvalue weighted by atomic mass is 19.4. The highest BCUT2D eigenvalue weighted by Gasteiger charge is 2.38. The number of nitrogens with zero attached hydrogens (tertiary/aromatic N) is 1. The molecule has 1 aromatic heterocycles. The Morgan fingerprint density at radius 1 is 1.07 bits per heavy atom. The second kappa shape index (κ2) is 10.8. The number of aromatic nitrogens is 1. The van der Waals surface area contributed by atoms with Gasteiger partial charge >= 0.3 is 12.1 Å². The Kier molecular flexibility index (Phi) is 8.73. The molecule has 0 atom stereocenters. The molecule has 2 N–H and O–H groups in total. The molecular formula is C18H19F3N2O5. The van der Waals surface area contributed by atoms with Gasteiger partial charge in [0.25, 0.3) is 5.91 Å². The highest BCUT2D eigenvalue weighted by molar-refractivity contribution is 5.93. The van der Waals surface area contributed by atoms with Gasteiger partial charge in [0, 0.05) is 24.5 Å². The van der Waals surface area contributed by atoms with Gasteiger partial charge in [-0.2, -0.15) is 13.2 Å². The summed E-state index contributed by atoms with van der Waals surface area (Å²) in [5.74, 6) is -1.47. The van der Waals surface area contributed by atoms with E-state index in [1.165, 1.54) is 0 Å². The molecule has 0 radical (unpaired) electrons. The van der Waals surface area contributed by atoms with Gasteiger partial charge in [-0.25, -0.2) is 4.79 Å². The zero-order valence-corrected chi connectivity index (χ0v) is 15.1. The number of rotatable bonds is 6. The number of carbonyl (C=O) groups excluding carboxylic acids is 1. The van der Waals surface area contributed by atoms with Gasteiger partial charge in [-0.1, -0.05) is 6.07 Å². The molecule has 0 aliphatic heterocycles. The van der Waals surface area contributed by atoms with Crippen molar-refractivity contribution in [2.75, 3.05) is 20.8 Å². The van der Waals surface area contributed by atoms with Gasteiger partial charge in [0.15, 0.2) is 11.5 Å². The second-order valence-corrected chi connectivity index (χ2v) is 5.23. The molecule has 0 fully saturated rings. The predicted octanol–water partition coefficient (Wildman–Crippen LogP) is 2.70. The van der Waals surface area contributed by atoms with Crippen LogP contribution in [-0.2, 0) is 11.2 Å². The number of carboxylic acids is 1. The Labute approximate surface area is 159 Å². The van der Waals surface area contributed by atoms with Crippen molar-refractivity contribution in [2.24, 2.45) is 0 Å². The number of ether oxygens (including phenoxy) is 2. The smallest absolute Gasteiger partial charge is 0.490 e. The van der Waals surface area contributed by atoms with Crippen molar-refractivity contribution in [3.05, 3.63) is 53.9 Å². The summed E-state index contributed by atoms with van der Waals surface area (Å²) in [6.45, 7) is 0.552. The van der Waals surface area contributed by atoms with Crippen molar-refractivity contribution in [3.8, 4) is 11.5 Å². The van der Waals surface area contributed by atoms with Crippen LogP contribution in [0.1, 0.15) is 15.9 Å². The van der Waals surface area contributed by atoms with Gasteiger partial charge in [-0.3, -0.25) is 9.78 Å². The Bertz CT molecular complexity index is 783. The summed E-state index contributed by atoms with van der Waals surface area (Å²) < 4.78 is 42.2. The number of alkyl halides is 3. The van der Waals surface area contributed by atoms with Crippen LogP contribution in [0.25, 0.3) is 0 Å². The Morgan fingerprint density at radius 3 is 2.14 bits per heavy atom. The predicted molar refractivity (Wildman–Crippen MR) is 93.5 cm³/mol. The molecule has 10 heteroatoms. The summed E-state index contributed by atoms with van der Waals surface area (Å²) in [6, 6.07) is 9.10. The van der Waals surface area contributed by atoms with Crippen LogP contribution in [-0.4, -0.2) is 48.9 Å². The van der Waals surface area contributed by atoms with E-state index in [4.69, 9.17) is 19.4 Å². The van der Waals surface area contributed by atoms with Crippen LogP contribution in [0.2, 0.25) is 0 Å². The molecule has 2 rings (SSSR count). The molecule has 0 spiro atoms. The van der Waals surface area contributed by atoms with Gasteiger partial charge in [0.1, 0.15) is 0 Å². The number of carboxylic acid groups (broad SMARTS) is 1. The number of amides is 1. The van der Waals surface area contributed by atoms with Gasteiger partial charge in [-0.15, -0.1) is 0 Å². The van der Waals surface area contributed by atoms with E-state index in [-0.39, 0.29) is 5.91 Å². The van der Waals surface area contributed by atoms with Crippen LogP contribution in [0.5, 0.6) is 11.5 Å². The molecule has 1 amide bonds. The maximum atomic E-state index is 11.9. The van der Waals surface area contributed by atoms with Crippen LogP contribution in [0, 0.1) is 0 Å². The SMILES string of the molecule is COc1ccc(CCNC(=O)c2ccncc2)cc1OC.O=C(O)C(F)(F)F. The molecule has 0 saturated carbocycles. The fraction of sp³-hybridized carbons (Fsp3) is 0.278. The Balaban J connectivity index is 0.000000480. The van der Waals surface area contributed by atoms with Crippen molar-refractivity contribution in [2.45, 2.75) is 12.6 Å². The number of aliphatic carboxylic acids is 1. The molecule has 0 unspecified atom stereocenters. The lowest BCUT2D eigenvalue weighted by atomic mass is 10.1. The molecule has 0 aliphatic rings. The van der Waals surface area contributed by atoms with Crippen molar-refractivity contribution in [1.29, 1.82) is 0 Å². The zero-order chi connectivity index (χ0) is 21.2. The van der Waals surface area contributed by atoms with E-state index in [1.807, 2.05) is 18.2 Å². The number of halogens is 3. The standard InChI is InChI=1S/C16H18N2O3.C2HF3O2/c1-20-14-4-3-12(11-15(14)21-2)5-10-18-16(19)13-6-8-17-9-7-13;3-2(4,5)1(6)7/h3-4,6-9,11H,5,10H2,1-2H3,(H,18,19);(H,6,7). The van der Waals surface area contributed by atoms with Gasteiger partial charge in [0.2, 0.25) is 0 Å². The molecule has 1 heterocycles. The maximum Gasteiger partial charge on any atom is 0.490 e. The van der Waals surface area contributed by atoms with Gasteiger partial charge in [-0.05, 0) is 36.2 Å². The Hall–Kier alpha value is -3.30. The monoisotopic (exact) mass is 400 g/mol. The minimum absolute atomic E-state index is 0.0992. The normalized spacial score (nSPS) is 10.3. The molecule has 1 aromatic carbocycles. The lowest BCUT2D eigenvalue weighted by molar-refractivity contribution is -0.192. The quantitative estimate of drug-likeness (QED) is 0.774. The molecule has 0 aliphatic carbocycles. The molecule has 152 valence electrons.